The first-order valence-electron chi connectivity index (χ1n) is 12.0. The summed E-state index contributed by atoms with van der Waals surface area (Å²) in [5.41, 5.74) is 2.93. The molecule has 0 spiro atoms. The molecule has 0 bridgehead atoms. The van der Waals surface area contributed by atoms with Crippen molar-refractivity contribution in [2.45, 2.75) is 26.2 Å². The van der Waals surface area contributed by atoms with Gasteiger partial charge in [-0.3, -0.25) is 4.79 Å². The normalized spacial score (nSPS) is 11.1. The Hall–Kier alpha value is -4.53. The molecule has 0 saturated heterocycles. The van der Waals surface area contributed by atoms with Gasteiger partial charge in [-0.1, -0.05) is 50.2 Å². The Morgan fingerprint density at radius 2 is 1.58 bits per heavy atom. The third-order valence-electron chi connectivity index (χ3n) is 5.87. The van der Waals surface area contributed by atoms with Crippen molar-refractivity contribution in [2.24, 2.45) is 0 Å². The van der Waals surface area contributed by atoms with E-state index < -0.39 is 0 Å². The summed E-state index contributed by atoms with van der Waals surface area (Å²) in [5.74, 6) is 2.26. The van der Waals surface area contributed by atoms with Crippen molar-refractivity contribution >= 4 is 11.6 Å². The molecular formula is C29H31N3O6. The molecule has 3 aromatic carbocycles. The second-order valence-corrected chi connectivity index (χ2v) is 9.49. The lowest BCUT2D eigenvalue weighted by Gasteiger charge is -2.19. The smallest absolute Gasteiger partial charge is 0.262 e. The van der Waals surface area contributed by atoms with Crippen LogP contribution in [-0.2, 0) is 10.2 Å². The van der Waals surface area contributed by atoms with E-state index in [4.69, 9.17) is 23.5 Å². The van der Waals surface area contributed by atoms with Crippen LogP contribution in [0.15, 0.2) is 65.2 Å². The Balaban J connectivity index is 1.50. The Morgan fingerprint density at radius 1 is 0.921 bits per heavy atom. The van der Waals surface area contributed by atoms with E-state index >= 15 is 0 Å². The van der Waals surface area contributed by atoms with E-state index in [1.165, 1.54) is 26.9 Å². The first-order chi connectivity index (χ1) is 18.2. The highest BCUT2D eigenvalue weighted by Gasteiger charge is 2.20. The lowest BCUT2D eigenvalue weighted by Crippen LogP contribution is -2.20. The number of benzene rings is 3. The number of carbonyl (C=O) groups is 1. The zero-order chi connectivity index (χ0) is 27.3. The van der Waals surface area contributed by atoms with Gasteiger partial charge in [0.15, 0.2) is 18.1 Å². The molecule has 0 radical (unpaired) electrons. The summed E-state index contributed by atoms with van der Waals surface area (Å²) in [6.07, 6.45) is 0. The highest BCUT2D eigenvalue weighted by molar-refractivity contribution is 5.95. The van der Waals surface area contributed by atoms with Gasteiger partial charge in [0, 0.05) is 5.56 Å². The van der Waals surface area contributed by atoms with E-state index in [0.717, 1.165) is 0 Å². The van der Waals surface area contributed by atoms with E-state index in [1.807, 2.05) is 36.4 Å². The SMILES string of the molecule is COc1cc(-c2noc(-c3ccccc3NC(=O)COc3ccc(C(C)(C)C)cc3)n2)cc(OC)c1OC. The van der Waals surface area contributed by atoms with Gasteiger partial charge in [0.25, 0.3) is 11.8 Å². The van der Waals surface area contributed by atoms with Crippen LogP contribution in [0, 0.1) is 0 Å². The van der Waals surface area contributed by atoms with Crippen LogP contribution in [0.3, 0.4) is 0 Å². The van der Waals surface area contributed by atoms with Crippen molar-refractivity contribution in [2.75, 3.05) is 33.3 Å². The van der Waals surface area contributed by atoms with Crippen LogP contribution in [0.2, 0.25) is 0 Å². The molecule has 9 heteroatoms. The minimum absolute atomic E-state index is 0.0414. The number of rotatable bonds is 9. The fraction of sp³-hybridized carbons (Fsp3) is 0.276. The number of nitrogens with one attached hydrogen (secondary N) is 1. The van der Waals surface area contributed by atoms with Crippen molar-refractivity contribution in [1.29, 1.82) is 0 Å². The molecule has 38 heavy (non-hydrogen) atoms. The number of hydrogen-bond acceptors (Lipinski definition) is 8. The van der Waals surface area contributed by atoms with Crippen molar-refractivity contribution in [1.82, 2.24) is 10.1 Å². The summed E-state index contributed by atoms with van der Waals surface area (Å²) >= 11 is 0. The molecule has 1 aromatic heterocycles. The average Bonchev–Trinajstić information content (AvgIpc) is 3.41. The summed E-state index contributed by atoms with van der Waals surface area (Å²) in [6, 6.07) is 18.4. The highest BCUT2D eigenvalue weighted by atomic mass is 16.5. The third-order valence-corrected chi connectivity index (χ3v) is 5.87. The highest BCUT2D eigenvalue weighted by Crippen LogP contribution is 2.41. The standard InChI is InChI=1S/C29H31N3O6/c1-29(2,3)19-11-13-20(14-12-19)37-17-25(33)30-22-10-8-7-9-21(22)28-31-27(32-38-28)18-15-23(34-4)26(36-6)24(16-18)35-5/h7-16H,17H2,1-6H3,(H,30,33). The predicted molar refractivity (Wildman–Crippen MR) is 144 cm³/mol. The van der Waals surface area contributed by atoms with Gasteiger partial charge in [-0.25, -0.2) is 0 Å². The van der Waals surface area contributed by atoms with Crippen LogP contribution in [0.1, 0.15) is 26.3 Å². The number of para-hydroxylation sites is 1. The fourth-order valence-electron chi connectivity index (χ4n) is 3.83. The van der Waals surface area contributed by atoms with Gasteiger partial charge >= 0.3 is 0 Å². The minimum Gasteiger partial charge on any atom is -0.493 e. The maximum atomic E-state index is 12.7. The molecule has 1 amide bonds. The second-order valence-electron chi connectivity index (χ2n) is 9.49. The third kappa shape index (κ3) is 5.88. The Kier molecular flexibility index (Phi) is 7.85. The van der Waals surface area contributed by atoms with E-state index in [0.29, 0.717) is 45.6 Å². The van der Waals surface area contributed by atoms with Gasteiger partial charge in [0.2, 0.25) is 11.6 Å². The van der Waals surface area contributed by atoms with Crippen molar-refractivity contribution in [3.63, 3.8) is 0 Å². The minimum atomic E-state index is -0.318. The lowest BCUT2D eigenvalue weighted by molar-refractivity contribution is -0.118. The summed E-state index contributed by atoms with van der Waals surface area (Å²) in [6.45, 7) is 6.28. The molecule has 4 rings (SSSR count). The molecule has 0 saturated carbocycles. The van der Waals surface area contributed by atoms with E-state index in [2.05, 4.69) is 36.2 Å². The number of methoxy groups -OCH3 is 3. The van der Waals surface area contributed by atoms with Crippen molar-refractivity contribution < 1.29 is 28.3 Å². The quantitative estimate of drug-likeness (QED) is 0.299. The number of hydrogen-bond donors (Lipinski definition) is 1. The molecule has 0 aliphatic carbocycles. The lowest BCUT2D eigenvalue weighted by atomic mass is 9.87. The van der Waals surface area contributed by atoms with Crippen LogP contribution in [0.4, 0.5) is 5.69 Å². The number of nitrogens with zero attached hydrogens (tertiary/aromatic N) is 2. The predicted octanol–water partition coefficient (Wildman–Crippen LogP) is 5.74. The molecule has 0 atom stereocenters. The van der Waals surface area contributed by atoms with E-state index in [1.54, 1.807) is 24.3 Å². The molecule has 1 N–H and O–H groups in total. The molecule has 0 fully saturated rings. The molecular weight excluding hydrogens is 486 g/mol. The number of aromatic nitrogens is 2. The molecule has 9 nitrogen and oxygen atoms in total. The molecule has 0 aliphatic heterocycles. The number of anilines is 1. The van der Waals surface area contributed by atoms with Gasteiger partial charge in [0.05, 0.1) is 32.6 Å². The number of amides is 1. The number of ether oxygens (including phenoxy) is 4. The van der Waals surface area contributed by atoms with Gasteiger partial charge in [-0.15, -0.1) is 0 Å². The maximum Gasteiger partial charge on any atom is 0.262 e. The molecule has 0 aliphatic rings. The fourth-order valence-corrected chi connectivity index (χ4v) is 3.83. The van der Waals surface area contributed by atoms with Crippen LogP contribution in [0.25, 0.3) is 22.8 Å². The summed E-state index contributed by atoms with van der Waals surface area (Å²) in [4.78, 5) is 17.2. The second kappa shape index (κ2) is 11.2. The Labute approximate surface area is 221 Å². The van der Waals surface area contributed by atoms with Crippen molar-refractivity contribution in [3.05, 3.63) is 66.2 Å². The molecule has 198 valence electrons. The monoisotopic (exact) mass is 517 g/mol. The first kappa shape index (κ1) is 26.5. The van der Waals surface area contributed by atoms with Gasteiger partial charge in [-0.05, 0) is 47.4 Å². The zero-order valence-corrected chi connectivity index (χ0v) is 22.3. The average molecular weight is 518 g/mol. The summed E-state index contributed by atoms with van der Waals surface area (Å²) < 4.78 is 27.4. The van der Waals surface area contributed by atoms with Gasteiger partial charge < -0.3 is 28.8 Å². The Morgan fingerprint density at radius 3 is 2.18 bits per heavy atom. The zero-order valence-electron chi connectivity index (χ0n) is 22.3. The van der Waals surface area contributed by atoms with E-state index in [9.17, 15) is 4.79 Å². The van der Waals surface area contributed by atoms with Crippen LogP contribution in [0.5, 0.6) is 23.0 Å². The van der Waals surface area contributed by atoms with Crippen LogP contribution < -0.4 is 24.3 Å². The molecule has 4 aromatic rings. The maximum absolute atomic E-state index is 12.7. The topological polar surface area (TPSA) is 105 Å². The molecule has 1 heterocycles. The van der Waals surface area contributed by atoms with Crippen molar-refractivity contribution in [3.8, 4) is 45.8 Å². The summed E-state index contributed by atoms with van der Waals surface area (Å²) in [7, 11) is 4.60. The Bertz CT molecular complexity index is 1380. The van der Waals surface area contributed by atoms with Gasteiger partial charge in [-0.2, -0.15) is 4.98 Å². The van der Waals surface area contributed by atoms with E-state index in [-0.39, 0.29) is 23.8 Å². The van der Waals surface area contributed by atoms with Crippen LogP contribution in [-0.4, -0.2) is 44.0 Å². The summed E-state index contributed by atoms with van der Waals surface area (Å²) in [5, 5.41) is 6.98. The number of carbonyl (C=O) groups excluding carboxylic acids is 1. The largest absolute Gasteiger partial charge is 0.493 e. The first-order valence-corrected chi connectivity index (χ1v) is 12.0. The molecule has 0 unspecified atom stereocenters. The van der Waals surface area contributed by atoms with Crippen LogP contribution >= 0.6 is 0 Å². The van der Waals surface area contributed by atoms with Gasteiger partial charge in [0.1, 0.15) is 5.75 Å².